The topological polar surface area (TPSA) is 66.4 Å². The summed E-state index contributed by atoms with van der Waals surface area (Å²) in [4.78, 5) is 23.3. The number of carbonyl (C=O) groups is 2. The minimum atomic E-state index is -0.963. The summed E-state index contributed by atoms with van der Waals surface area (Å²) >= 11 is 13.0. The summed E-state index contributed by atoms with van der Waals surface area (Å²) in [6, 6.07) is 14.1. The molecule has 0 aliphatic heterocycles. The van der Waals surface area contributed by atoms with Crippen LogP contribution in [0.3, 0.4) is 0 Å². The number of hydrogen-bond donors (Lipinski definition) is 2. The van der Waals surface area contributed by atoms with Crippen LogP contribution in [0.4, 0.5) is 0 Å². The molecular formula is C17H15Cl2NO3S. The van der Waals surface area contributed by atoms with Gasteiger partial charge in [0.1, 0.15) is 5.25 Å². The summed E-state index contributed by atoms with van der Waals surface area (Å²) in [5, 5.41) is 12.1. The minimum absolute atomic E-state index is 0.158. The van der Waals surface area contributed by atoms with Crippen molar-refractivity contribution in [2.45, 2.75) is 11.8 Å². The third-order valence-electron chi connectivity index (χ3n) is 3.18. The van der Waals surface area contributed by atoms with Crippen LogP contribution in [-0.2, 0) is 16.1 Å². The fraction of sp³-hybridized carbons (Fsp3) is 0.176. The number of halogens is 2. The first-order chi connectivity index (χ1) is 11.5. The van der Waals surface area contributed by atoms with Crippen LogP contribution in [0, 0.1) is 0 Å². The van der Waals surface area contributed by atoms with Crippen LogP contribution in [0.15, 0.2) is 48.5 Å². The van der Waals surface area contributed by atoms with Gasteiger partial charge in [0.2, 0.25) is 5.91 Å². The van der Waals surface area contributed by atoms with Gasteiger partial charge in [-0.1, -0.05) is 59.6 Å². The van der Waals surface area contributed by atoms with Gasteiger partial charge in [0.15, 0.2) is 0 Å². The van der Waals surface area contributed by atoms with E-state index in [4.69, 9.17) is 28.3 Å². The van der Waals surface area contributed by atoms with E-state index in [1.807, 2.05) is 18.2 Å². The molecule has 2 aromatic carbocycles. The summed E-state index contributed by atoms with van der Waals surface area (Å²) in [6.07, 6.45) is 0. The Hall–Kier alpha value is -1.69. The van der Waals surface area contributed by atoms with Gasteiger partial charge in [0.25, 0.3) is 0 Å². The number of nitrogens with one attached hydrogen (secondary N) is 1. The van der Waals surface area contributed by atoms with Crippen molar-refractivity contribution in [2.24, 2.45) is 0 Å². The summed E-state index contributed by atoms with van der Waals surface area (Å²) in [5.74, 6) is -1.39. The Morgan fingerprint density at radius 1 is 1.12 bits per heavy atom. The molecule has 0 radical (unpaired) electrons. The number of amides is 1. The molecule has 2 aromatic rings. The van der Waals surface area contributed by atoms with Gasteiger partial charge in [0, 0.05) is 16.6 Å². The number of carboxylic acids is 1. The maximum Gasteiger partial charge on any atom is 0.313 e. The fourth-order valence-electron chi connectivity index (χ4n) is 2.05. The van der Waals surface area contributed by atoms with Gasteiger partial charge in [-0.3, -0.25) is 9.59 Å². The third kappa shape index (κ3) is 5.44. The van der Waals surface area contributed by atoms with Crippen LogP contribution in [0.2, 0.25) is 10.0 Å². The van der Waals surface area contributed by atoms with E-state index < -0.39 is 11.2 Å². The van der Waals surface area contributed by atoms with Gasteiger partial charge in [-0.2, -0.15) is 0 Å². The minimum Gasteiger partial charge on any atom is -0.481 e. The Balaban J connectivity index is 2.08. The predicted molar refractivity (Wildman–Crippen MR) is 97.6 cm³/mol. The first-order valence-electron chi connectivity index (χ1n) is 7.07. The molecule has 4 nitrogen and oxygen atoms in total. The van der Waals surface area contributed by atoms with E-state index in [1.165, 1.54) is 0 Å². The molecule has 0 saturated carbocycles. The summed E-state index contributed by atoms with van der Waals surface area (Å²) in [5.41, 5.74) is 1.49. The zero-order valence-electron chi connectivity index (χ0n) is 12.5. The van der Waals surface area contributed by atoms with E-state index >= 15 is 0 Å². The Bertz CT molecular complexity index is 725. The van der Waals surface area contributed by atoms with Crippen molar-refractivity contribution in [2.75, 3.05) is 5.75 Å². The van der Waals surface area contributed by atoms with Crippen LogP contribution < -0.4 is 5.32 Å². The van der Waals surface area contributed by atoms with E-state index in [1.54, 1.807) is 30.3 Å². The molecular weight excluding hydrogens is 369 g/mol. The molecule has 1 amide bonds. The van der Waals surface area contributed by atoms with Crippen molar-refractivity contribution in [3.63, 3.8) is 0 Å². The zero-order chi connectivity index (χ0) is 17.5. The van der Waals surface area contributed by atoms with Crippen LogP contribution in [0.1, 0.15) is 16.4 Å². The van der Waals surface area contributed by atoms with Gasteiger partial charge in [-0.25, -0.2) is 0 Å². The number of hydrogen-bond acceptors (Lipinski definition) is 3. The fourth-order valence-corrected chi connectivity index (χ4v) is 3.41. The third-order valence-corrected chi connectivity index (χ3v) is 5.00. The zero-order valence-corrected chi connectivity index (χ0v) is 14.9. The number of carbonyl (C=O) groups excluding carboxylic acids is 1. The van der Waals surface area contributed by atoms with Crippen LogP contribution in [-0.4, -0.2) is 22.7 Å². The Morgan fingerprint density at radius 2 is 1.83 bits per heavy atom. The average molecular weight is 384 g/mol. The molecule has 24 heavy (non-hydrogen) atoms. The van der Waals surface area contributed by atoms with Crippen LogP contribution >= 0.6 is 35.0 Å². The van der Waals surface area contributed by atoms with Crippen LogP contribution in [0.25, 0.3) is 0 Å². The largest absolute Gasteiger partial charge is 0.481 e. The van der Waals surface area contributed by atoms with Gasteiger partial charge in [0.05, 0.1) is 5.75 Å². The second-order valence-corrected chi connectivity index (χ2v) is 6.89. The summed E-state index contributed by atoms with van der Waals surface area (Å²) in [7, 11) is 0. The molecule has 0 saturated heterocycles. The molecule has 0 unspecified atom stereocenters. The highest BCUT2D eigenvalue weighted by Gasteiger charge is 2.22. The summed E-state index contributed by atoms with van der Waals surface area (Å²) in [6.45, 7) is 0.242. The second-order valence-electron chi connectivity index (χ2n) is 4.95. The van der Waals surface area contributed by atoms with Crippen molar-refractivity contribution in [1.82, 2.24) is 5.32 Å². The normalized spacial score (nSPS) is 11.8. The molecule has 126 valence electrons. The number of benzene rings is 2. The van der Waals surface area contributed by atoms with E-state index in [0.29, 0.717) is 10.0 Å². The predicted octanol–water partition coefficient (Wildman–Crippen LogP) is 4.17. The van der Waals surface area contributed by atoms with Crippen molar-refractivity contribution in [1.29, 1.82) is 0 Å². The van der Waals surface area contributed by atoms with E-state index in [-0.39, 0.29) is 18.2 Å². The molecule has 0 aromatic heterocycles. The summed E-state index contributed by atoms with van der Waals surface area (Å²) < 4.78 is 0. The first-order valence-corrected chi connectivity index (χ1v) is 8.88. The lowest BCUT2D eigenvalue weighted by molar-refractivity contribution is -0.133. The maximum absolute atomic E-state index is 12.5. The van der Waals surface area contributed by atoms with Crippen molar-refractivity contribution in [3.8, 4) is 0 Å². The highest BCUT2D eigenvalue weighted by molar-refractivity contribution is 8.00. The van der Waals surface area contributed by atoms with Gasteiger partial charge in [-0.15, -0.1) is 11.8 Å². The van der Waals surface area contributed by atoms with E-state index in [2.05, 4.69) is 5.32 Å². The van der Waals surface area contributed by atoms with Gasteiger partial charge < -0.3 is 10.4 Å². The molecule has 0 bridgehead atoms. The van der Waals surface area contributed by atoms with Gasteiger partial charge >= 0.3 is 5.97 Å². The molecule has 0 fully saturated rings. The lowest BCUT2D eigenvalue weighted by Crippen LogP contribution is -2.28. The highest BCUT2D eigenvalue weighted by Crippen LogP contribution is 2.29. The molecule has 0 aliphatic carbocycles. The maximum atomic E-state index is 12.5. The quantitative estimate of drug-likeness (QED) is 0.752. The first kappa shape index (κ1) is 18.6. The number of carboxylic acid groups (broad SMARTS) is 1. The lowest BCUT2D eigenvalue weighted by Gasteiger charge is -2.16. The number of thioether (sulfide) groups is 1. The number of aliphatic carboxylic acids is 1. The van der Waals surface area contributed by atoms with E-state index in [0.717, 1.165) is 22.9 Å². The van der Waals surface area contributed by atoms with Gasteiger partial charge in [-0.05, 0) is 23.3 Å². The molecule has 7 heteroatoms. The Morgan fingerprint density at radius 3 is 2.46 bits per heavy atom. The smallest absolute Gasteiger partial charge is 0.313 e. The van der Waals surface area contributed by atoms with Crippen molar-refractivity contribution < 1.29 is 14.7 Å². The molecule has 0 aliphatic rings. The average Bonchev–Trinajstić information content (AvgIpc) is 2.55. The molecule has 2 N–H and O–H groups in total. The highest BCUT2D eigenvalue weighted by atomic mass is 35.5. The Kier molecular flexibility index (Phi) is 6.97. The van der Waals surface area contributed by atoms with Crippen molar-refractivity contribution in [3.05, 3.63) is 69.7 Å². The monoisotopic (exact) mass is 383 g/mol. The second kappa shape index (κ2) is 8.97. The molecule has 0 heterocycles. The van der Waals surface area contributed by atoms with Crippen molar-refractivity contribution >= 4 is 46.8 Å². The standard InChI is InChI=1S/C17H15Cl2NO3S/c18-13-7-6-12(14(19)8-13)9-20-17(23)16(24-10-15(21)22)11-4-2-1-3-5-11/h1-8,16H,9-10H2,(H,20,23)(H,21,22)/t16-/m0/s1. The van der Waals surface area contributed by atoms with Crippen LogP contribution in [0.5, 0.6) is 0 Å². The lowest BCUT2D eigenvalue weighted by atomic mass is 10.1. The SMILES string of the molecule is O=C(O)CS[C@H](C(=O)NCc1ccc(Cl)cc1Cl)c1ccccc1. The number of rotatable bonds is 7. The molecule has 2 rings (SSSR count). The molecule has 0 spiro atoms. The van der Waals surface area contributed by atoms with E-state index in [9.17, 15) is 9.59 Å². The Labute approximate surface area is 154 Å². The molecule has 1 atom stereocenters.